The fraction of sp³-hybridized carbons (Fsp3) is 0.0556. The SMILES string of the molecule is Cc1cc(N2C(=O)c3ccccc3C2=O)ccc1/C=C/C(=O)O. The number of aryl methyl sites for hydroxylation is 1. The van der Waals surface area contributed by atoms with E-state index in [0.717, 1.165) is 16.5 Å². The van der Waals surface area contributed by atoms with E-state index < -0.39 is 5.97 Å². The Balaban J connectivity index is 1.98. The highest BCUT2D eigenvalue weighted by Gasteiger charge is 2.36. The highest BCUT2D eigenvalue weighted by molar-refractivity contribution is 6.34. The summed E-state index contributed by atoms with van der Waals surface area (Å²) in [5, 5.41) is 8.68. The average Bonchev–Trinajstić information content (AvgIpc) is 2.78. The number of carboxylic acids is 1. The van der Waals surface area contributed by atoms with Crippen LogP contribution in [-0.4, -0.2) is 22.9 Å². The second kappa shape index (κ2) is 5.53. The van der Waals surface area contributed by atoms with Gasteiger partial charge in [-0.1, -0.05) is 18.2 Å². The second-order valence-corrected chi connectivity index (χ2v) is 5.20. The molecule has 0 saturated carbocycles. The van der Waals surface area contributed by atoms with Crippen LogP contribution >= 0.6 is 0 Å². The summed E-state index contributed by atoms with van der Waals surface area (Å²) < 4.78 is 0. The third-order valence-corrected chi connectivity index (χ3v) is 3.71. The van der Waals surface area contributed by atoms with Gasteiger partial charge in [0.2, 0.25) is 0 Å². The maximum atomic E-state index is 12.4. The number of carbonyl (C=O) groups is 3. The minimum atomic E-state index is -1.03. The Bertz CT molecular complexity index is 832. The molecule has 1 aliphatic rings. The number of nitrogens with zero attached hydrogens (tertiary/aromatic N) is 1. The molecule has 3 rings (SSSR count). The molecule has 0 aliphatic carbocycles. The van der Waals surface area contributed by atoms with E-state index >= 15 is 0 Å². The number of hydrogen-bond donors (Lipinski definition) is 1. The van der Waals surface area contributed by atoms with Crippen molar-refractivity contribution in [3.8, 4) is 0 Å². The average molecular weight is 307 g/mol. The van der Waals surface area contributed by atoms with Crippen molar-refractivity contribution >= 4 is 29.5 Å². The number of aliphatic carboxylic acids is 1. The first kappa shape index (κ1) is 14.7. The van der Waals surface area contributed by atoms with Crippen molar-refractivity contribution in [2.24, 2.45) is 0 Å². The summed E-state index contributed by atoms with van der Waals surface area (Å²) in [5.41, 5.74) is 2.75. The van der Waals surface area contributed by atoms with Gasteiger partial charge in [-0.15, -0.1) is 0 Å². The third-order valence-electron chi connectivity index (χ3n) is 3.71. The van der Waals surface area contributed by atoms with E-state index in [0.29, 0.717) is 22.4 Å². The summed E-state index contributed by atoms with van der Waals surface area (Å²) in [7, 11) is 0. The zero-order valence-corrected chi connectivity index (χ0v) is 12.3. The Kier molecular flexibility index (Phi) is 3.54. The van der Waals surface area contributed by atoms with Gasteiger partial charge < -0.3 is 5.11 Å². The number of benzene rings is 2. The molecule has 1 N–H and O–H groups in total. The summed E-state index contributed by atoms with van der Waals surface area (Å²) in [5.74, 6) is -1.73. The van der Waals surface area contributed by atoms with Crippen molar-refractivity contribution in [3.05, 3.63) is 70.8 Å². The predicted octanol–water partition coefficient (Wildman–Crippen LogP) is 2.89. The topological polar surface area (TPSA) is 74.7 Å². The number of carbonyl (C=O) groups excluding carboxylic acids is 2. The highest BCUT2D eigenvalue weighted by atomic mass is 16.4. The lowest BCUT2D eigenvalue weighted by Crippen LogP contribution is -2.29. The molecular formula is C18H13NO4. The van der Waals surface area contributed by atoms with Crippen molar-refractivity contribution in [2.45, 2.75) is 6.92 Å². The lowest BCUT2D eigenvalue weighted by Gasteiger charge is -2.15. The molecule has 0 unspecified atom stereocenters. The van der Waals surface area contributed by atoms with Gasteiger partial charge in [-0.05, 0) is 48.4 Å². The molecule has 0 atom stereocenters. The van der Waals surface area contributed by atoms with Gasteiger partial charge in [-0.3, -0.25) is 9.59 Å². The first-order valence-corrected chi connectivity index (χ1v) is 6.98. The van der Waals surface area contributed by atoms with Crippen LogP contribution in [0, 0.1) is 6.92 Å². The van der Waals surface area contributed by atoms with E-state index in [4.69, 9.17) is 5.11 Å². The van der Waals surface area contributed by atoms with Gasteiger partial charge in [0.25, 0.3) is 11.8 Å². The zero-order chi connectivity index (χ0) is 16.6. The fourth-order valence-corrected chi connectivity index (χ4v) is 2.57. The number of carboxylic acid groups (broad SMARTS) is 1. The zero-order valence-electron chi connectivity index (χ0n) is 12.3. The second-order valence-electron chi connectivity index (χ2n) is 5.20. The van der Waals surface area contributed by atoms with Crippen molar-refractivity contribution < 1.29 is 19.5 Å². The Labute approximate surface area is 132 Å². The smallest absolute Gasteiger partial charge is 0.328 e. The van der Waals surface area contributed by atoms with E-state index in [1.807, 2.05) is 0 Å². The molecule has 5 heteroatoms. The minimum absolute atomic E-state index is 0.348. The fourth-order valence-electron chi connectivity index (χ4n) is 2.57. The summed E-state index contributed by atoms with van der Waals surface area (Å²) in [6, 6.07) is 11.7. The van der Waals surface area contributed by atoms with Crippen LogP contribution < -0.4 is 4.90 Å². The van der Waals surface area contributed by atoms with Gasteiger partial charge in [0.15, 0.2) is 0 Å². The van der Waals surface area contributed by atoms with Crippen LogP contribution in [0.25, 0.3) is 6.08 Å². The van der Waals surface area contributed by atoms with Crippen LogP contribution in [0.1, 0.15) is 31.8 Å². The van der Waals surface area contributed by atoms with E-state index in [9.17, 15) is 14.4 Å². The van der Waals surface area contributed by atoms with Crippen LogP contribution in [0.15, 0.2) is 48.5 Å². The van der Waals surface area contributed by atoms with Crippen LogP contribution in [-0.2, 0) is 4.79 Å². The summed E-state index contributed by atoms with van der Waals surface area (Å²) in [4.78, 5) is 36.6. The normalized spacial score (nSPS) is 13.7. The number of rotatable bonds is 3. The highest BCUT2D eigenvalue weighted by Crippen LogP contribution is 2.29. The Morgan fingerprint density at radius 2 is 1.65 bits per heavy atom. The van der Waals surface area contributed by atoms with Crippen molar-refractivity contribution in [1.82, 2.24) is 0 Å². The number of amides is 2. The lowest BCUT2D eigenvalue weighted by molar-refractivity contribution is -0.131. The minimum Gasteiger partial charge on any atom is -0.478 e. The van der Waals surface area contributed by atoms with E-state index in [-0.39, 0.29) is 11.8 Å². The Morgan fingerprint density at radius 1 is 1.04 bits per heavy atom. The molecule has 5 nitrogen and oxygen atoms in total. The Hall–Kier alpha value is -3.21. The molecule has 0 fully saturated rings. The molecule has 1 aliphatic heterocycles. The standard InChI is InChI=1S/C18H13NO4/c1-11-10-13(8-6-12(11)7-9-16(20)21)19-17(22)14-4-2-3-5-15(14)18(19)23/h2-10H,1H3,(H,20,21)/b9-7+. The first-order chi connectivity index (χ1) is 11.0. The maximum Gasteiger partial charge on any atom is 0.328 e. The molecule has 0 bridgehead atoms. The van der Waals surface area contributed by atoms with E-state index in [2.05, 4.69) is 0 Å². The van der Waals surface area contributed by atoms with Gasteiger partial charge in [-0.2, -0.15) is 0 Å². The van der Waals surface area contributed by atoms with E-state index in [1.54, 1.807) is 49.4 Å². The lowest BCUT2D eigenvalue weighted by atomic mass is 10.1. The monoisotopic (exact) mass is 307 g/mol. The number of imide groups is 1. The summed E-state index contributed by atoms with van der Waals surface area (Å²) in [6.07, 6.45) is 2.52. The van der Waals surface area contributed by atoms with Crippen LogP contribution in [0.2, 0.25) is 0 Å². The molecule has 0 radical (unpaired) electrons. The van der Waals surface area contributed by atoms with Crippen LogP contribution in [0.5, 0.6) is 0 Å². The van der Waals surface area contributed by atoms with Gasteiger partial charge in [0.1, 0.15) is 0 Å². The quantitative estimate of drug-likeness (QED) is 0.699. The summed E-state index contributed by atoms with van der Waals surface area (Å²) in [6.45, 7) is 1.79. The Morgan fingerprint density at radius 3 is 2.17 bits per heavy atom. The van der Waals surface area contributed by atoms with Crippen LogP contribution in [0.4, 0.5) is 5.69 Å². The number of hydrogen-bond acceptors (Lipinski definition) is 3. The molecule has 2 amide bonds. The van der Waals surface area contributed by atoms with Gasteiger partial charge in [0, 0.05) is 6.08 Å². The number of anilines is 1. The summed E-state index contributed by atoms with van der Waals surface area (Å²) >= 11 is 0. The molecule has 114 valence electrons. The van der Waals surface area contributed by atoms with E-state index in [1.165, 1.54) is 6.08 Å². The largest absolute Gasteiger partial charge is 0.478 e. The molecule has 23 heavy (non-hydrogen) atoms. The van der Waals surface area contributed by atoms with Crippen molar-refractivity contribution in [3.63, 3.8) is 0 Å². The third kappa shape index (κ3) is 2.53. The van der Waals surface area contributed by atoms with Crippen LogP contribution in [0.3, 0.4) is 0 Å². The number of fused-ring (bicyclic) bond motifs is 1. The molecule has 2 aromatic rings. The molecule has 1 heterocycles. The van der Waals surface area contributed by atoms with Gasteiger partial charge >= 0.3 is 5.97 Å². The van der Waals surface area contributed by atoms with Crippen molar-refractivity contribution in [1.29, 1.82) is 0 Å². The molecule has 2 aromatic carbocycles. The molecule has 0 aromatic heterocycles. The maximum absolute atomic E-state index is 12.4. The van der Waals surface area contributed by atoms with Crippen molar-refractivity contribution in [2.75, 3.05) is 4.90 Å². The van der Waals surface area contributed by atoms with Gasteiger partial charge in [0.05, 0.1) is 16.8 Å². The molecule has 0 spiro atoms. The predicted molar refractivity (Wildman–Crippen MR) is 85.4 cm³/mol. The molecular weight excluding hydrogens is 294 g/mol. The molecule has 0 saturated heterocycles. The van der Waals surface area contributed by atoms with Gasteiger partial charge in [-0.25, -0.2) is 9.69 Å². The first-order valence-electron chi connectivity index (χ1n) is 6.98.